The van der Waals surface area contributed by atoms with Gasteiger partial charge in [-0.2, -0.15) is 0 Å². The second kappa shape index (κ2) is 5.81. The van der Waals surface area contributed by atoms with E-state index >= 15 is 0 Å². The van der Waals surface area contributed by atoms with Crippen LogP contribution in [0.25, 0.3) is 0 Å². The van der Waals surface area contributed by atoms with Crippen LogP contribution < -0.4 is 5.32 Å². The highest BCUT2D eigenvalue weighted by Gasteiger charge is 2.03. The molecule has 1 N–H and O–H groups in total. The molecule has 1 aromatic rings. The summed E-state index contributed by atoms with van der Waals surface area (Å²) in [6, 6.07) is 3.65. The zero-order valence-corrected chi connectivity index (χ0v) is 9.24. The average molecular weight is 213 g/mol. The Kier molecular flexibility index (Phi) is 4.69. The molecule has 84 valence electrons. The molecule has 0 aliphatic rings. The normalized spacial score (nSPS) is 10.7. The maximum atomic E-state index is 13.3. The van der Waals surface area contributed by atoms with Gasteiger partial charge in [-0.3, -0.25) is 4.39 Å². The minimum absolute atomic E-state index is 0.137. The van der Waals surface area contributed by atoms with Crippen molar-refractivity contribution in [3.63, 3.8) is 0 Å². The molecule has 0 aliphatic heterocycles. The largest absolute Gasteiger partial charge is 0.313 e. The number of alkyl halides is 1. The van der Waals surface area contributed by atoms with Crippen molar-refractivity contribution in [3.8, 4) is 0 Å². The van der Waals surface area contributed by atoms with E-state index in [0.29, 0.717) is 30.6 Å². The van der Waals surface area contributed by atoms with Gasteiger partial charge in [-0.15, -0.1) is 0 Å². The molecule has 0 saturated heterocycles. The van der Waals surface area contributed by atoms with Gasteiger partial charge < -0.3 is 5.32 Å². The van der Waals surface area contributed by atoms with Crippen molar-refractivity contribution in [1.82, 2.24) is 5.32 Å². The standard InChI is InChI=1S/C12H17F2N/c1-9-6-11(7-10(2)12(9)14)8-15-5-3-4-13/h6-7,15H,3-5,8H2,1-2H3. The summed E-state index contributed by atoms with van der Waals surface area (Å²) in [6.45, 7) is 4.54. The minimum atomic E-state index is -0.297. The first kappa shape index (κ1) is 12.1. The molecule has 0 heterocycles. The van der Waals surface area contributed by atoms with Gasteiger partial charge in [0.05, 0.1) is 6.67 Å². The van der Waals surface area contributed by atoms with Gasteiger partial charge in [-0.1, -0.05) is 12.1 Å². The monoisotopic (exact) mass is 213 g/mol. The van der Waals surface area contributed by atoms with E-state index in [1.165, 1.54) is 0 Å². The Morgan fingerprint density at radius 3 is 2.33 bits per heavy atom. The predicted octanol–water partition coefficient (Wildman–Crippen LogP) is 2.89. The Labute approximate surface area is 89.5 Å². The lowest BCUT2D eigenvalue weighted by atomic mass is 10.1. The number of benzene rings is 1. The molecule has 0 amide bonds. The fourth-order valence-corrected chi connectivity index (χ4v) is 1.56. The van der Waals surface area contributed by atoms with E-state index in [0.717, 1.165) is 5.56 Å². The van der Waals surface area contributed by atoms with Gasteiger partial charge in [0.2, 0.25) is 0 Å². The van der Waals surface area contributed by atoms with Crippen LogP contribution in [0.3, 0.4) is 0 Å². The first-order valence-corrected chi connectivity index (χ1v) is 5.17. The SMILES string of the molecule is Cc1cc(CNCCCF)cc(C)c1F. The Balaban J connectivity index is 2.55. The molecule has 0 unspecified atom stereocenters. The van der Waals surface area contributed by atoms with Crippen LogP contribution >= 0.6 is 0 Å². The van der Waals surface area contributed by atoms with Crippen molar-refractivity contribution in [2.45, 2.75) is 26.8 Å². The molecule has 15 heavy (non-hydrogen) atoms. The van der Waals surface area contributed by atoms with Crippen LogP contribution in [-0.4, -0.2) is 13.2 Å². The maximum Gasteiger partial charge on any atom is 0.129 e. The molecular weight excluding hydrogens is 196 g/mol. The third-order valence-corrected chi connectivity index (χ3v) is 2.31. The lowest BCUT2D eigenvalue weighted by molar-refractivity contribution is 0.459. The number of hydrogen-bond donors (Lipinski definition) is 1. The summed E-state index contributed by atoms with van der Waals surface area (Å²) in [5.41, 5.74) is 2.37. The number of aryl methyl sites for hydroxylation is 2. The lowest BCUT2D eigenvalue weighted by Gasteiger charge is -2.07. The highest BCUT2D eigenvalue weighted by molar-refractivity contribution is 5.30. The Hall–Kier alpha value is -0.960. The molecule has 0 saturated carbocycles. The van der Waals surface area contributed by atoms with Crippen molar-refractivity contribution < 1.29 is 8.78 Å². The Morgan fingerprint density at radius 2 is 1.80 bits per heavy atom. The molecule has 1 nitrogen and oxygen atoms in total. The summed E-state index contributed by atoms with van der Waals surface area (Å²) in [6.07, 6.45) is 0.527. The van der Waals surface area contributed by atoms with Crippen molar-refractivity contribution in [1.29, 1.82) is 0 Å². The topological polar surface area (TPSA) is 12.0 Å². The van der Waals surface area contributed by atoms with Crippen molar-refractivity contribution in [3.05, 3.63) is 34.6 Å². The fourth-order valence-electron chi connectivity index (χ4n) is 1.56. The third kappa shape index (κ3) is 3.59. The smallest absolute Gasteiger partial charge is 0.129 e. The van der Waals surface area contributed by atoms with Gasteiger partial charge in [-0.25, -0.2) is 4.39 Å². The molecular formula is C12H17F2N. The first-order valence-electron chi connectivity index (χ1n) is 5.17. The molecule has 0 atom stereocenters. The lowest BCUT2D eigenvalue weighted by Crippen LogP contribution is -2.15. The van der Waals surface area contributed by atoms with Crippen LogP contribution in [-0.2, 0) is 6.54 Å². The van der Waals surface area contributed by atoms with Gasteiger partial charge in [0.15, 0.2) is 0 Å². The van der Waals surface area contributed by atoms with Gasteiger partial charge in [-0.05, 0) is 43.5 Å². The van der Waals surface area contributed by atoms with E-state index in [1.54, 1.807) is 13.8 Å². The number of nitrogens with one attached hydrogen (secondary N) is 1. The molecule has 0 bridgehead atoms. The van der Waals surface area contributed by atoms with Crippen molar-refractivity contribution in [2.24, 2.45) is 0 Å². The molecule has 0 aliphatic carbocycles. The number of halogens is 2. The summed E-state index contributed by atoms with van der Waals surface area (Å²) < 4.78 is 25.1. The van der Waals surface area contributed by atoms with E-state index in [1.807, 2.05) is 12.1 Å². The minimum Gasteiger partial charge on any atom is -0.313 e. The molecule has 0 spiro atoms. The molecule has 0 aromatic heterocycles. The van der Waals surface area contributed by atoms with Crippen LogP contribution in [0, 0.1) is 19.7 Å². The van der Waals surface area contributed by atoms with Gasteiger partial charge in [0.1, 0.15) is 5.82 Å². The molecule has 3 heteroatoms. The van der Waals surface area contributed by atoms with E-state index in [-0.39, 0.29) is 12.5 Å². The van der Waals surface area contributed by atoms with Gasteiger partial charge >= 0.3 is 0 Å². The van der Waals surface area contributed by atoms with Gasteiger partial charge in [0.25, 0.3) is 0 Å². The van der Waals surface area contributed by atoms with Crippen LogP contribution in [0.5, 0.6) is 0 Å². The summed E-state index contributed by atoms with van der Waals surface area (Å²) >= 11 is 0. The highest BCUT2D eigenvalue weighted by atomic mass is 19.1. The fraction of sp³-hybridized carbons (Fsp3) is 0.500. The van der Waals surface area contributed by atoms with Crippen LogP contribution in [0.1, 0.15) is 23.1 Å². The van der Waals surface area contributed by atoms with Crippen molar-refractivity contribution in [2.75, 3.05) is 13.2 Å². The first-order chi connectivity index (χ1) is 7.15. The van der Waals surface area contributed by atoms with Crippen LogP contribution in [0.2, 0.25) is 0 Å². The number of rotatable bonds is 5. The zero-order valence-electron chi connectivity index (χ0n) is 9.24. The van der Waals surface area contributed by atoms with Gasteiger partial charge in [0, 0.05) is 6.54 Å². The quantitative estimate of drug-likeness (QED) is 0.741. The van der Waals surface area contributed by atoms with Crippen molar-refractivity contribution >= 4 is 0 Å². The second-order valence-corrected chi connectivity index (χ2v) is 3.76. The van der Waals surface area contributed by atoms with E-state index in [4.69, 9.17) is 0 Å². The maximum absolute atomic E-state index is 13.3. The Morgan fingerprint density at radius 1 is 1.20 bits per heavy atom. The molecule has 1 aromatic carbocycles. The Bertz CT molecular complexity index is 300. The average Bonchev–Trinajstić information content (AvgIpc) is 2.21. The molecule has 0 fully saturated rings. The van der Waals surface area contributed by atoms with E-state index < -0.39 is 0 Å². The summed E-state index contributed by atoms with van der Waals surface area (Å²) in [7, 11) is 0. The highest BCUT2D eigenvalue weighted by Crippen LogP contribution is 2.14. The summed E-state index contributed by atoms with van der Waals surface area (Å²) in [5, 5.41) is 3.11. The third-order valence-electron chi connectivity index (χ3n) is 2.31. The van der Waals surface area contributed by atoms with Crippen LogP contribution in [0.4, 0.5) is 8.78 Å². The predicted molar refractivity (Wildman–Crippen MR) is 58.2 cm³/mol. The number of hydrogen-bond acceptors (Lipinski definition) is 1. The van der Waals surface area contributed by atoms with E-state index in [9.17, 15) is 8.78 Å². The van der Waals surface area contributed by atoms with E-state index in [2.05, 4.69) is 5.32 Å². The summed E-state index contributed by atoms with van der Waals surface area (Å²) in [4.78, 5) is 0. The van der Waals surface area contributed by atoms with Crippen LogP contribution in [0.15, 0.2) is 12.1 Å². The molecule has 0 radical (unpaired) electrons. The zero-order chi connectivity index (χ0) is 11.3. The summed E-state index contributed by atoms with van der Waals surface area (Å²) in [5.74, 6) is -0.137. The molecule has 1 rings (SSSR count). The second-order valence-electron chi connectivity index (χ2n) is 3.76.